The number of aliphatic hydroxyl groups is 1. The Kier molecular flexibility index (Phi) is 15.9. The lowest BCUT2D eigenvalue weighted by Crippen LogP contribution is -2.52. The summed E-state index contributed by atoms with van der Waals surface area (Å²) in [7, 11) is -3.24. The van der Waals surface area contributed by atoms with Crippen molar-refractivity contribution in [3.63, 3.8) is 0 Å². The van der Waals surface area contributed by atoms with Crippen LogP contribution in [-0.4, -0.2) is 77.2 Å². The van der Waals surface area contributed by atoms with Crippen LogP contribution in [0.4, 0.5) is 4.79 Å². The number of aliphatic hydroxyl groups excluding tert-OH is 1. The molecule has 2 rings (SSSR count). The molecule has 0 aliphatic heterocycles. The topological polar surface area (TPSA) is 169 Å². The van der Waals surface area contributed by atoms with Gasteiger partial charge in [0.25, 0.3) is 0 Å². The van der Waals surface area contributed by atoms with Gasteiger partial charge >= 0.3 is 12.1 Å². The van der Waals surface area contributed by atoms with E-state index in [1.54, 1.807) is 41.5 Å². The van der Waals surface area contributed by atoms with E-state index in [1.165, 1.54) is 13.3 Å². The highest BCUT2D eigenvalue weighted by Gasteiger charge is 2.32. The standard InChI is InChI=1S/C34H56N3O9P/c1-24(31(41)45-33(2,3)4)36-30(40)28(37-32(42)46-34(5,6)7)18-19-29(39)35-20-27(38)23-47(43,22-26-16-12-9-13-17-26)44-21-25-14-10-8-11-15-25/h8,10-11,14-15,24,26-28,38H,9,12-13,16-23H2,1-7H3,(H,35,39)(H,36,40)(H,37,42)/t24-,27+,28+,47?/m0/s1. The summed E-state index contributed by atoms with van der Waals surface area (Å²) >= 11 is 0. The first-order valence-electron chi connectivity index (χ1n) is 16.6. The quantitative estimate of drug-likeness (QED) is 0.138. The third kappa shape index (κ3) is 17.1. The molecular formula is C34H56N3O9P. The van der Waals surface area contributed by atoms with E-state index in [2.05, 4.69) is 16.0 Å². The molecule has 12 nitrogen and oxygen atoms in total. The first-order chi connectivity index (χ1) is 21.8. The molecule has 4 N–H and O–H groups in total. The van der Waals surface area contributed by atoms with Gasteiger partial charge in [0.15, 0.2) is 0 Å². The normalized spacial score (nSPS) is 17.4. The van der Waals surface area contributed by atoms with Crippen molar-refractivity contribution >= 4 is 31.2 Å². The van der Waals surface area contributed by atoms with Crippen molar-refractivity contribution in [2.75, 3.05) is 18.9 Å². The van der Waals surface area contributed by atoms with Crippen LogP contribution in [0.5, 0.6) is 0 Å². The van der Waals surface area contributed by atoms with E-state index in [-0.39, 0.29) is 38.1 Å². The summed E-state index contributed by atoms with van der Waals surface area (Å²) in [6.07, 6.45) is 3.32. The number of hydrogen-bond donors (Lipinski definition) is 4. The SMILES string of the molecule is C[C@H](NC(=O)[C@@H](CCC(=O)NC[C@@H](O)CP(=O)(CC1CCCCC1)OCc1ccccc1)NC(=O)OC(C)(C)C)C(=O)OC(C)(C)C. The highest BCUT2D eigenvalue weighted by atomic mass is 31.2. The Bertz CT molecular complexity index is 1210. The zero-order valence-electron chi connectivity index (χ0n) is 29.1. The molecule has 1 aliphatic rings. The maximum atomic E-state index is 14.0. The van der Waals surface area contributed by atoms with Gasteiger partial charge in [-0.25, -0.2) is 9.59 Å². The average Bonchev–Trinajstić information content (AvgIpc) is 2.96. The number of benzene rings is 1. The van der Waals surface area contributed by atoms with Gasteiger partial charge in [-0.2, -0.15) is 0 Å². The number of alkyl carbamates (subject to hydrolysis) is 1. The molecule has 4 atom stereocenters. The summed E-state index contributed by atoms with van der Waals surface area (Å²) in [5.74, 6) is -1.56. The molecule has 266 valence electrons. The van der Waals surface area contributed by atoms with Crippen LogP contribution < -0.4 is 16.0 Å². The number of ether oxygens (including phenoxy) is 2. The predicted octanol–water partition coefficient (Wildman–Crippen LogP) is 5.06. The second-order valence-electron chi connectivity index (χ2n) is 14.4. The van der Waals surface area contributed by atoms with Crippen molar-refractivity contribution in [2.24, 2.45) is 5.92 Å². The van der Waals surface area contributed by atoms with E-state index >= 15 is 0 Å². The highest BCUT2D eigenvalue weighted by Crippen LogP contribution is 2.51. The second kappa shape index (κ2) is 18.6. The minimum atomic E-state index is -3.24. The number of amides is 3. The minimum absolute atomic E-state index is 0.0929. The lowest BCUT2D eigenvalue weighted by molar-refractivity contribution is -0.158. The number of rotatable bonds is 16. The zero-order chi connectivity index (χ0) is 35.3. The van der Waals surface area contributed by atoms with Gasteiger partial charge in [0.05, 0.1) is 18.9 Å². The van der Waals surface area contributed by atoms with E-state index in [4.69, 9.17) is 14.0 Å². The van der Waals surface area contributed by atoms with Crippen LogP contribution in [-0.2, 0) is 39.6 Å². The van der Waals surface area contributed by atoms with E-state index in [0.29, 0.717) is 6.16 Å². The summed E-state index contributed by atoms with van der Waals surface area (Å²) in [5, 5.41) is 18.5. The van der Waals surface area contributed by atoms with Crippen LogP contribution >= 0.6 is 7.37 Å². The first-order valence-corrected chi connectivity index (χ1v) is 18.6. The second-order valence-corrected chi connectivity index (χ2v) is 17.0. The lowest BCUT2D eigenvalue weighted by Gasteiger charge is -2.28. The van der Waals surface area contributed by atoms with Crippen LogP contribution in [0.15, 0.2) is 30.3 Å². The molecule has 0 saturated heterocycles. The Balaban J connectivity index is 1.98. The van der Waals surface area contributed by atoms with Crippen molar-refractivity contribution in [1.82, 2.24) is 16.0 Å². The summed E-state index contributed by atoms with van der Waals surface area (Å²) in [6, 6.07) is 7.23. The predicted molar refractivity (Wildman–Crippen MR) is 180 cm³/mol. The molecule has 0 spiro atoms. The Morgan fingerprint density at radius 2 is 1.55 bits per heavy atom. The minimum Gasteiger partial charge on any atom is -0.458 e. The summed E-state index contributed by atoms with van der Waals surface area (Å²) in [6.45, 7) is 11.6. The van der Waals surface area contributed by atoms with Gasteiger partial charge in [-0.05, 0) is 79.2 Å². The molecule has 1 saturated carbocycles. The van der Waals surface area contributed by atoms with Crippen molar-refractivity contribution in [3.8, 4) is 0 Å². The molecule has 0 bridgehead atoms. The highest BCUT2D eigenvalue weighted by molar-refractivity contribution is 7.59. The van der Waals surface area contributed by atoms with Crippen molar-refractivity contribution in [3.05, 3.63) is 35.9 Å². The van der Waals surface area contributed by atoms with Crippen molar-refractivity contribution in [2.45, 2.75) is 129 Å². The Hall–Kier alpha value is -2.95. The van der Waals surface area contributed by atoms with Gasteiger partial charge < -0.3 is 35.1 Å². The molecule has 47 heavy (non-hydrogen) atoms. The molecule has 0 radical (unpaired) electrons. The van der Waals surface area contributed by atoms with Crippen LogP contribution in [0.1, 0.15) is 99.0 Å². The fourth-order valence-corrected chi connectivity index (χ4v) is 7.84. The largest absolute Gasteiger partial charge is 0.458 e. The number of carbonyl (C=O) groups excluding carboxylic acids is 4. The van der Waals surface area contributed by atoms with E-state index < -0.39 is 60.6 Å². The third-order valence-corrected chi connectivity index (χ3v) is 10.0. The van der Waals surface area contributed by atoms with Crippen molar-refractivity contribution < 1.29 is 42.8 Å². The monoisotopic (exact) mass is 681 g/mol. The summed E-state index contributed by atoms with van der Waals surface area (Å²) in [4.78, 5) is 50.8. The number of esters is 1. The lowest BCUT2D eigenvalue weighted by atomic mass is 9.91. The molecule has 13 heteroatoms. The van der Waals surface area contributed by atoms with Gasteiger partial charge in [-0.3, -0.25) is 14.2 Å². The van der Waals surface area contributed by atoms with E-state index in [9.17, 15) is 28.8 Å². The zero-order valence-corrected chi connectivity index (χ0v) is 30.0. The van der Waals surface area contributed by atoms with Crippen LogP contribution in [0.2, 0.25) is 0 Å². The molecule has 1 fully saturated rings. The molecule has 1 aliphatic carbocycles. The molecule has 1 unspecified atom stereocenters. The maximum Gasteiger partial charge on any atom is 0.408 e. The van der Waals surface area contributed by atoms with Gasteiger partial charge in [0.2, 0.25) is 19.2 Å². The Morgan fingerprint density at radius 1 is 0.936 bits per heavy atom. The molecular weight excluding hydrogens is 625 g/mol. The fraction of sp³-hybridized carbons (Fsp3) is 0.706. The van der Waals surface area contributed by atoms with Crippen LogP contribution in [0, 0.1) is 5.92 Å². The molecule has 1 aromatic carbocycles. The average molecular weight is 682 g/mol. The third-order valence-electron chi connectivity index (χ3n) is 7.38. The number of hydrogen-bond acceptors (Lipinski definition) is 9. The van der Waals surface area contributed by atoms with Gasteiger partial charge in [0.1, 0.15) is 23.3 Å². The van der Waals surface area contributed by atoms with Gasteiger partial charge in [-0.1, -0.05) is 49.6 Å². The summed E-state index contributed by atoms with van der Waals surface area (Å²) < 4.78 is 30.6. The van der Waals surface area contributed by atoms with E-state index in [0.717, 1.165) is 31.2 Å². The van der Waals surface area contributed by atoms with Crippen LogP contribution in [0.3, 0.4) is 0 Å². The molecule has 0 heterocycles. The molecule has 0 aromatic heterocycles. The number of nitrogens with one attached hydrogen (secondary N) is 3. The molecule has 1 aromatic rings. The van der Waals surface area contributed by atoms with Crippen molar-refractivity contribution in [1.29, 1.82) is 0 Å². The van der Waals surface area contributed by atoms with Gasteiger partial charge in [-0.15, -0.1) is 0 Å². The smallest absolute Gasteiger partial charge is 0.408 e. The number of carbonyl (C=O) groups is 4. The Labute approximate surface area is 279 Å². The fourth-order valence-electron chi connectivity index (χ4n) is 5.17. The summed E-state index contributed by atoms with van der Waals surface area (Å²) in [5.41, 5.74) is -0.702. The Morgan fingerprint density at radius 3 is 2.15 bits per heavy atom. The first kappa shape index (κ1) is 40.2. The van der Waals surface area contributed by atoms with Crippen LogP contribution in [0.25, 0.3) is 0 Å². The molecule has 3 amide bonds. The maximum absolute atomic E-state index is 14.0. The van der Waals surface area contributed by atoms with Gasteiger partial charge in [0, 0.05) is 19.1 Å². The van der Waals surface area contributed by atoms with E-state index in [1.807, 2.05) is 30.3 Å².